The fourth-order valence-electron chi connectivity index (χ4n) is 2.98. The van der Waals surface area contributed by atoms with E-state index in [0.29, 0.717) is 5.92 Å². The zero-order valence-electron chi connectivity index (χ0n) is 13.8. The Labute approximate surface area is 129 Å². The molecule has 0 unspecified atom stereocenters. The molecule has 4 nitrogen and oxygen atoms in total. The van der Waals surface area contributed by atoms with Gasteiger partial charge >= 0.3 is 0 Å². The summed E-state index contributed by atoms with van der Waals surface area (Å²) < 4.78 is 0. The molecule has 0 atom stereocenters. The molecule has 0 radical (unpaired) electrons. The Balaban J connectivity index is 1.80. The fraction of sp³-hybridized carbons (Fsp3) is 0.765. The monoisotopic (exact) mass is 290 g/mol. The highest BCUT2D eigenvalue weighted by Crippen LogP contribution is 2.25. The number of hydrogen-bond donors (Lipinski definition) is 1. The molecule has 1 aliphatic rings. The summed E-state index contributed by atoms with van der Waals surface area (Å²) in [4.78, 5) is 11.3. The number of nitrogens with zero attached hydrogens (tertiary/aromatic N) is 3. The van der Waals surface area contributed by atoms with Crippen molar-refractivity contribution in [2.75, 3.05) is 25.0 Å². The molecule has 2 rings (SSSR count). The minimum Gasteiger partial charge on any atom is -0.358 e. The van der Waals surface area contributed by atoms with Crippen LogP contribution in [-0.4, -0.2) is 30.1 Å². The molecule has 1 saturated carbocycles. The number of hydrogen-bond acceptors (Lipinski definition) is 4. The minimum atomic E-state index is 0.666. The Kier molecular flexibility index (Phi) is 6.43. The lowest BCUT2D eigenvalue weighted by Crippen LogP contribution is -2.27. The predicted octanol–water partition coefficient (Wildman–Crippen LogP) is 3.24. The summed E-state index contributed by atoms with van der Waals surface area (Å²) in [6, 6.07) is 0. The van der Waals surface area contributed by atoms with Crippen LogP contribution in [0.15, 0.2) is 12.4 Å². The van der Waals surface area contributed by atoms with Gasteiger partial charge in [-0.2, -0.15) is 0 Å². The van der Waals surface area contributed by atoms with Gasteiger partial charge in [0.05, 0.1) is 18.1 Å². The fourth-order valence-corrected chi connectivity index (χ4v) is 2.98. The van der Waals surface area contributed by atoms with Gasteiger partial charge in [-0.15, -0.1) is 0 Å². The van der Waals surface area contributed by atoms with Gasteiger partial charge in [-0.3, -0.25) is 4.98 Å². The molecule has 0 aromatic carbocycles. The lowest BCUT2D eigenvalue weighted by atomic mass is 9.89. The smallest absolute Gasteiger partial charge is 0.146 e. The topological polar surface area (TPSA) is 41.1 Å². The van der Waals surface area contributed by atoms with Crippen LogP contribution in [0.1, 0.15) is 51.6 Å². The van der Waals surface area contributed by atoms with Crippen molar-refractivity contribution in [3.63, 3.8) is 0 Å². The van der Waals surface area contributed by atoms with Crippen molar-refractivity contribution < 1.29 is 0 Å². The second-order valence-corrected chi connectivity index (χ2v) is 6.78. The second kappa shape index (κ2) is 8.32. The van der Waals surface area contributed by atoms with E-state index in [2.05, 4.69) is 41.1 Å². The van der Waals surface area contributed by atoms with Crippen molar-refractivity contribution in [3.05, 3.63) is 18.1 Å². The summed E-state index contributed by atoms with van der Waals surface area (Å²) in [6.45, 7) is 7.35. The van der Waals surface area contributed by atoms with Crippen LogP contribution in [0.5, 0.6) is 0 Å². The van der Waals surface area contributed by atoms with Crippen LogP contribution in [0.25, 0.3) is 0 Å². The van der Waals surface area contributed by atoms with Crippen molar-refractivity contribution in [2.45, 2.75) is 52.5 Å². The second-order valence-electron chi connectivity index (χ2n) is 6.78. The van der Waals surface area contributed by atoms with Gasteiger partial charge in [0.15, 0.2) is 0 Å². The predicted molar refractivity (Wildman–Crippen MR) is 88.4 cm³/mol. The molecule has 0 saturated heterocycles. The van der Waals surface area contributed by atoms with Crippen LogP contribution in [0.3, 0.4) is 0 Å². The summed E-state index contributed by atoms with van der Waals surface area (Å²) in [7, 11) is 2.13. The van der Waals surface area contributed by atoms with Crippen LogP contribution in [0.4, 0.5) is 5.82 Å². The van der Waals surface area contributed by atoms with Crippen molar-refractivity contribution in [3.8, 4) is 0 Å². The van der Waals surface area contributed by atoms with Gasteiger partial charge in [0, 0.05) is 20.1 Å². The molecule has 0 spiro atoms. The lowest BCUT2D eigenvalue weighted by molar-refractivity contribution is 0.361. The van der Waals surface area contributed by atoms with Gasteiger partial charge in [-0.05, 0) is 31.2 Å². The van der Waals surface area contributed by atoms with Crippen LogP contribution in [-0.2, 0) is 6.54 Å². The quantitative estimate of drug-likeness (QED) is 0.837. The number of anilines is 1. The highest BCUT2D eigenvalue weighted by molar-refractivity contribution is 5.34. The average molecular weight is 290 g/mol. The van der Waals surface area contributed by atoms with E-state index in [1.165, 1.54) is 32.1 Å². The summed E-state index contributed by atoms with van der Waals surface area (Å²) in [6.07, 6.45) is 10.8. The zero-order chi connectivity index (χ0) is 15.1. The highest BCUT2D eigenvalue weighted by Gasteiger charge is 2.16. The third-order valence-corrected chi connectivity index (χ3v) is 4.20. The van der Waals surface area contributed by atoms with E-state index in [9.17, 15) is 0 Å². The Morgan fingerprint density at radius 2 is 1.95 bits per heavy atom. The number of aromatic nitrogens is 2. The maximum Gasteiger partial charge on any atom is 0.146 e. The molecule has 21 heavy (non-hydrogen) atoms. The van der Waals surface area contributed by atoms with Gasteiger partial charge in [-0.25, -0.2) is 4.98 Å². The summed E-state index contributed by atoms with van der Waals surface area (Å²) in [5.74, 6) is 2.49. The summed E-state index contributed by atoms with van der Waals surface area (Å²) >= 11 is 0. The van der Waals surface area contributed by atoms with Crippen molar-refractivity contribution in [2.24, 2.45) is 11.8 Å². The Hall–Kier alpha value is -1.16. The Bertz CT molecular complexity index is 396. The van der Waals surface area contributed by atoms with Crippen molar-refractivity contribution in [1.82, 2.24) is 15.3 Å². The zero-order valence-corrected chi connectivity index (χ0v) is 13.8. The molecule has 1 aromatic heterocycles. The number of nitrogens with one attached hydrogen (secondary N) is 1. The maximum atomic E-state index is 4.57. The molecule has 4 heteroatoms. The van der Waals surface area contributed by atoms with Gasteiger partial charge in [-0.1, -0.05) is 33.1 Å². The van der Waals surface area contributed by atoms with Crippen LogP contribution < -0.4 is 10.2 Å². The van der Waals surface area contributed by atoms with Crippen molar-refractivity contribution in [1.29, 1.82) is 0 Å². The molecule has 1 heterocycles. The summed E-state index contributed by atoms with van der Waals surface area (Å²) in [5, 5.41) is 3.40. The standard InChI is InChI=1S/C17H30N4/c1-14(2)9-18-10-16-11-20-17(12-19-16)21(3)13-15-7-5-4-6-8-15/h11-12,14-15,18H,4-10,13H2,1-3H3. The molecule has 1 N–H and O–H groups in total. The van der Waals surface area contributed by atoms with E-state index in [4.69, 9.17) is 0 Å². The molecular formula is C17H30N4. The van der Waals surface area contributed by atoms with Crippen LogP contribution >= 0.6 is 0 Å². The average Bonchev–Trinajstić information content (AvgIpc) is 2.48. The molecule has 0 amide bonds. The molecule has 118 valence electrons. The third-order valence-electron chi connectivity index (χ3n) is 4.20. The van der Waals surface area contributed by atoms with Crippen LogP contribution in [0.2, 0.25) is 0 Å². The normalized spacial score (nSPS) is 16.4. The van der Waals surface area contributed by atoms with Crippen molar-refractivity contribution >= 4 is 5.82 Å². The molecule has 0 bridgehead atoms. The van der Waals surface area contributed by atoms with E-state index < -0.39 is 0 Å². The van der Waals surface area contributed by atoms with Gasteiger partial charge in [0.1, 0.15) is 5.82 Å². The van der Waals surface area contributed by atoms with E-state index in [1.807, 2.05) is 12.4 Å². The Morgan fingerprint density at radius 1 is 1.19 bits per heavy atom. The van der Waals surface area contributed by atoms with Gasteiger partial charge < -0.3 is 10.2 Å². The molecule has 1 fully saturated rings. The maximum absolute atomic E-state index is 4.57. The third kappa shape index (κ3) is 5.62. The first-order valence-electron chi connectivity index (χ1n) is 8.38. The van der Waals surface area contributed by atoms with Crippen LogP contribution in [0, 0.1) is 11.8 Å². The molecular weight excluding hydrogens is 260 g/mol. The van der Waals surface area contributed by atoms with Gasteiger partial charge in [0.25, 0.3) is 0 Å². The van der Waals surface area contributed by atoms with E-state index in [0.717, 1.165) is 37.1 Å². The highest BCUT2D eigenvalue weighted by atomic mass is 15.2. The first kappa shape index (κ1) is 16.2. The minimum absolute atomic E-state index is 0.666. The first-order valence-corrected chi connectivity index (χ1v) is 8.38. The van der Waals surface area contributed by atoms with E-state index in [1.54, 1.807) is 0 Å². The molecule has 0 aliphatic heterocycles. The lowest BCUT2D eigenvalue weighted by Gasteiger charge is -2.27. The molecule has 1 aliphatic carbocycles. The summed E-state index contributed by atoms with van der Waals surface area (Å²) in [5.41, 5.74) is 1.02. The number of rotatable bonds is 7. The molecule has 1 aromatic rings. The van der Waals surface area contributed by atoms with E-state index in [-0.39, 0.29) is 0 Å². The van der Waals surface area contributed by atoms with Gasteiger partial charge in [0.2, 0.25) is 0 Å². The Morgan fingerprint density at radius 3 is 2.57 bits per heavy atom. The first-order chi connectivity index (χ1) is 10.1. The largest absolute Gasteiger partial charge is 0.358 e. The SMILES string of the molecule is CC(C)CNCc1cnc(N(C)CC2CCCCC2)cn1. The van der Waals surface area contributed by atoms with E-state index >= 15 is 0 Å².